The number of alkyl halides is 1. The molecular weight excluding hydrogens is 310 g/mol. The summed E-state index contributed by atoms with van der Waals surface area (Å²) in [6, 6.07) is 7.39. The molecule has 0 saturated heterocycles. The minimum Gasteiger partial charge on any atom is -0.496 e. The molecular formula is C15H14ClNO3S. The molecule has 1 aliphatic heterocycles. The first-order chi connectivity index (χ1) is 10.2. The summed E-state index contributed by atoms with van der Waals surface area (Å²) in [5.74, 6) is 1.26. The zero-order valence-corrected chi connectivity index (χ0v) is 13.0. The molecule has 1 aromatic carbocycles. The number of thiophene rings is 1. The molecule has 0 bridgehead atoms. The summed E-state index contributed by atoms with van der Waals surface area (Å²) in [6.45, 7) is 0.986. The van der Waals surface area contributed by atoms with Crippen molar-refractivity contribution >= 4 is 28.8 Å². The van der Waals surface area contributed by atoms with Crippen LogP contribution in [0.1, 0.15) is 26.2 Å². The van der Waals surface area contributed by atoms with Crippen LogP contribution in [-0.2, 0) is 0 Å². The Bertz CT molecular complexity index is 671. The van der Waals surface area contributed by atoms with Crippen molar-refractivity contribution in [3.05, 3.63) is 45.6 Å². The van der Waals surface area contributed by atoms with E-state index >= 15 is 0 Å². The van der Waals surface area contributed by atoms with Crippen LogP contribution < -0.4 is 14.8 Å². The van der Waals surface area contributed by atoms with E-state index < -0.39 is 0 Å². The van der Waals surface area contributed by atoms with Crippen LogP contribution in [0.25, 0.3) is 0 Å². The normalized spacial score (nSPS) is 15.4. The van der Waals surface area contributed by atoms with Gasteiger partial charge in [-0.15, -0.1) is 22.9 Å². The van der Waals surface area contributed by atoms with E-state index in [0.717, 1.165) is 16.2 Å². The molecule has 2 aromatic rings. The lowest BCUT2D eigenvalue weighted by Gasteiger charge is -2.11. The fourth-order valence-electron chi connectivity index (χ4n) is 2.17. The van der Waals surface area contributed by atoms with Crippen molar-refractivity contribution in [2.75, 3.05) is 20.3 Å². The van der Waals surface area contributed by atoms with Crippen molar-refractivity contribution in [3.8, 4) is 11.5 Å². The summed E-state index contributed by atoms with van der Waals surface area (Å²) < 4.78 is 10.7. The molecule has 2 heterocycles. The van der Waals surface area contributed by atoms with Gasteiger partial charge in [-0.05, 0) is 23.8 Å². The zero-order chi connectivity index (χ0) is 14.8. The summed E-state index contributed by atoms with van der Waals surface area (Å²) in [4.78, 5) is 13.0. The van der Waals surface area contributed by atoms with Gasteiger partial charge in [0.2, 0.25) is 0 Å². The van der Waals surface area contributed by atoms with Crippen LogP contribution in [-0.4, -0.2) is 26.2 Å². The summed E-state index contributed by atoms with van der Waals surface area (Å²) in [6.07, 6.45) is 0. The molecule has 110 valence electrons. The second-order valence-electron chi connectivity index (χ2n) is 4.61. The van der Waals surface area contributed by atoms with Gasteiger partial charge in [0.15, 0.2) is 0 Å². The minimum absolute atomic E-state index is 0.128. The van der Waals surface area contributed by atoms with Gasteiger partial charge in [0.05, 0.1) is 24.6 Å². The van der Waals surface area contributed by atoms with Gasteiger partial charge in [-0.25, -0.2) is 0 Å². The first-order valence-corrected chi connectivity index (χ1v) is 7.82. The molecule has 1 N–H and O–H groups in total. The molecule has 1 amide bonds. The van der Waals surface area contributed by atoms with Crippen LogP contribution in [0.5, 0.6) is 11.5 Å². The first-order valence-electron chi connectivity index (χ1n) is 6.50. The van der Waals surface area contributed by atoms with Gasteiger partial charge in [-0.1, -0.05) is 6.07 Å². The molecule has 0 saturated carbocycles. The number of fused-ring (bicyclic) bond motifs is 1. The number of halogens is 1. The maximum Gasteiger partial charge on any atom is 0.255 e. The summed E-state index contributed by atoms with van der Waals surface area (Å²) in [5.41, 5.74) is 1.39. The quantitative estimate of drug-likeness (QED) is 0.882. The predicted octanol–water partition coefficient (Wildman–Crippen LogP) is 3.21. The Morgan fingerprint density at radius 2 is 2.29 bits per heavy atom. The number of carbonyl (C=O) groups is 1. The SMILES string of the molecule is COc1csc(C(Cl)c2ccc3c(c2)C(=O)NCCO3)c1. The Morgan fingerprint density at radius 3 is 3.05 bits per heavy atom. The first kappa shape index (κ1) is 14.2. The molecule has 1 atom stereocenters. The molecule has 0 radical (unpaired) electrons. The summed E-state index contributed by atoms with van der Waals surface area (Å²) in [5, 5.41) is 4.38. The smallest absolute Gasteiger partial charge is 0.255 e. The number of hydrogen-bond acceptors (Lipinski definition) is 4. The van der Waals surface area contributed by atoms with Gasteiger partial charge < -0.3 is 14.8 Å². The van der Waals surface area contributed by atoms with Crippen molar-refractivity contribution in [1.29, 1.82) is 0 Å². The van der Waals surface area contributed by atoms with E-state index in [9.17, 15) is 4.79 Å². The van der Waals surface area contributed by atoms with Crippen molar-refractivity contribution in [3.63, 3.8) is 0 Å². The number of nitrogens with one attached hydrogen (secondary N) is 1. The van der Waals surface area contributed by atoms with Crippen molar-refractivity contribution in [2.24, 2.45) is 0 Å². The Labute approximate surface area is 131 Å². The number of rotatable bonds is 3. The third kappa shape index (κ3) is 2.84. The number of amides is 1. The Morgan fingerprint density at radius 1 is 1.43 bits per heavy atom. The standard InChI is InChI=1S/C15H14ClNO3S/c1-19-10-7-13(21-8-10)14(16)9-2-3-12-11(6-9)15(18)17-4-5-20-12/h2-3,6-8,14H,4-5H2,1H3,(H,17,18). The van der Waals surface area contributed by atoms with E-state index in [1.54, 1.807) is 19.2 Å². The predicted molar refractivity (Wildman–Crippen MR) is 82.8 cm³/mol. The van der Waals surface area contributed by atoms with Crippen molar-refractivity contribution in [2.45, 2.75) is 5.38 Å². The summed E-state index contributed by atoms with van der Waals surface area (Å²) >= 11 is 8.05. The molecule has 0 fully saturated rings. The van der Waals surface area contributed by atoms with E-state index in [4.69, 9.17) is 21.1 Å². The van der Waals surface area contributed by atoms with Crippen molar-refractivity contribution in [1.82, 2.24) is 5.32 Å². The van der Waals surface area contributed by atoms with E-state index in [1.165, 1.54) is 11.3 Å². The Kier molecular flexibility index (Phi) is 4.03. The van der Waals surface area contributed by atoms with E-state index in [2.05, 4.69) is 5.32 Å². The fraction of sp³-hybridized carbons (Fsp3) is 0.267. The lowest BCUT2D eigenvalue weighted by molar-refractivity contribution is 0.0957. The number of methoxy groups -OCH3 is 1. The van der Waals surface area contributed by atoms with Gasteiger partial charge in [-0.2, -0.15) is 0 Å². The highest BCUT2D eigenvalue weighted by Gasteiger charge is 2.20. The Hall–Kier alpha value is -1.72. The molecule has 6 heteroatoms. The largest absolute Gasteiger partial charge is 0.496 e. The maximum absolute atomic E-state index is 12.0. The summed E-state index contributed by atoms with van der Waals surface area (Å²) in [7, 11) is 1.62. The van der Waals surface area contributed by atoms with Gasteiger partial charge in [0.1, 0.15) is 18.1 Å². The highest BCUT2D eigenvalue weighted by Crippen LogP contribution is 2.37. The topological polar surface area (TPSA) is 47.6 Å². The van der Waals surface area contributed by atoms with Crippen LogP contribution >= 0.6 is 22.9 Å². The number of hydrogen-bond donors (Lipinski definition) is 1. The average molecular weight is 324 g/mol. The van der Waals surface area contributed by atoms with Crippen molar-refractivity contribution < 1.29 is 14.3 Å². The fourth-order valence-corrected chi connectivity index (χ4v) is 3.38. The van der Waals surface area contributed by atoms with Gasteiger partial charge in [0.25, 0.3) is 5.91 Å². The van der Waals surface area contributed by atoms with Gasteiger partial charge in [0, 0.05) is 10.3 Å². The van der Waals surface area contributed by atoms with E-state index in [1.807, 2.05) is 17.5 Å². The number of benzene rings is 1. The Balaban J connectivity index is 1.93. The molecule has 21 heavy (non-hydrogen) atoms. The number of ether oxygens (including phenoxy) is 2. The minimum atomic E-state index is -0.319. The molecule has 1 aromatic heterocycles. The molecule has 3 rings (SSSR count). The second-order valence-corrected chi connectivity index (χ2v) is 5.99. The van der Waals surface area contributed by atoms with Crippen LogP contribution in [0, 0.1) is 0 Å². The van der Waals surface area contributed by atoms with Gasteiger partial charge in [-0.3, -0.25) is 4.79 Å². The highest BCUT2D eigenvalue weighted by atomic mass is 35.5. The molecule has 0 spiro atoms. The number of carbonyl (C=O) groups excluding carboxylic acids is 1. The lowest BCUT2D eigenvalue weighted by Crippen LogP contribution is -2.24. The maximum atomic E-state index is 12.0. The van der Waals surface area contributed by atoms with E-state index in [0.29, 0.717) is 24.5 Å². The van der Waals surface area contributed by atoms with Crippen LogP contribution in [0.2, 0.25) is 0 Å². The lowest BCUT2D eigenvalue weighted by atomic mass is 10.1. The van der Waals surface area contributed by atoms with E-state index in [-0.39, 0.29) is 11.3 Å². The van der Waals surface area contributed by atoms with Gasteiger partial charge >= 0.3 is 0 Å². The average Bonchev–Trinajstić information content (AvgIpc) is 2.92. The third-order valence-corrected chi connectivity index (χ3v) is 4.86. The highest BCUT2D eigenvalue weighted by molar-refractivity contribution is 7.10. The molecule has 4 nitrogen and oxygen atoms in total. The monoisotopic (exact) mass is 323 g/mol. The molecule has 1 unspecified atom stereocenters. The zero-order valence-electron chi connectivity index (χ0n) is 11.4. The molecule has 1 aliphatic rings. The molecule has 0 aliphatic carbocycles. The van der Waals surface area contributed by atoms with Crippen LogP contribution in [0.4, 0.5) is 0 Å². The third-order valence-electron chi connectivity index (χ3n) is 3.27. The second kappa shape index (κ2) is 5.95. The van der Waals surface area contributed by atoms with Crippen LogP contribution in [0.15, 0.2) is 29.6 Å². The van der Waals surface area contributed by atoms with Crippen LogP contribution in [0.3, 0.4) is 0 Å².